The number of amides is 1. The highest BCUT2D eigenvalue weighted by atomic mass is 19.1. The second-order valence-corrected chi connectivity index (χ2v) is 6.40. The number of benzene rings is 2. The van der Waals surface area contributed by atoms with Crippen molar-refractivity contribution >= 4 is 17.5 Å². The molecule has 0 saturated heterocycles. The van der Waals surface area contributed by atoms with E-state index < -0.39 is 0 Å². The van der Waals surface area contributed by atoms with Gasteiger partial charge in [-0.3, -0.25) is 4.79 Å². The summed E-state index contributed by atoms with van der Waals surface area (Å²) in [5, 5.41) is 5.98. The van der Waals surface area contributed by atoms with Crippen molar-refractivity contribution in [2.24, 2.45) is 0 Å². The highest BCUT2D eigenvalue weighted by Gasteiger charge is 2.12. The molecule has 0 aliphatic rings. The van der Waals surface area contributed by atoms with Crippen molar-refractivity contribution in [2.45, 2.75) is 27.3 Å². The number of halogens is 1. The Hall–Kier alpha value is -3.28. The number of nitrogens with zero attached hydrogens (tertiary/aromatic N) is 2. The Labute approximate surface area is 157 Å². The van der Waals surface area contributed by atoms with E-state index in [4.69, 9.17) is 0 Å². The van der Waals surface area contributed by atoms with Crippen molar-refractivity contribution < 1.29 is 9.18 Å². The molecule has 1 heterocycles. The number of aryl methyl sites for hydroxylation is 2. The van der Waals surface area contributed by atoms with Gasteiger partial charge in [0.15, 0.2) is 0 Å². The first kappa shape index (κ1) is 18.5. The maximum Gasteiger partial charge on any atom is 0.274 e. The summed E-state index contributed by atoms with van der Waals surface area (Å²) < 4.78 is 13.0. The maximum atomic E-state index is 13.0. The van der Waals surface area contributed by atoms with Gasteiger partial charge in [-0.05, 0) is 61.7 Å². The second kappa shape index (κ2) is 7.95. The van der Waals surface area contributed by atoms with Crippen LogP contribution in [0.1, 0.15) is 32.9 Å². The van der Waals surface area contributed by atoms with Gasteiger partial charge in [0.2, 0.25) is 5.95 Å². The van der Waals surface area contributed by atoms with Gasteiger partial charge >= 0.3 is 0 Å². The third kappa shape index (κ3) is 4.67. The summed E-state index contributed by atoms with van der Waals surface area (Å²) in [4.78, 5) is 21.2. The maximum absolute atomic E-state index is 13.0. The average molecular weight is 364 g/mol. The van der Waals surface area contributed by atoms with Crippen LogP contribution in [0.3, 0.4) is 0 Å². The summed E-state index contributed by atoms with van der Waals surface area (Å²) in [7, 11) is 0. The largest absolute Gasteiger partial charge is 0.350 e. The zero-order valence-electron chi connectivity index (χ0n) is 15.5. The molecule has 138 valence electrons. The highest BCUT2D eigenvalue weighted by Crippen LogP contribution is 2.19. The van der Waals surface area contributed by atoms with E-state index >= 15 is 0 Å². The van der Waals surface area contributed by atoms with Crippen molar-refractivity contribution in [3.05, 3.63) is 82.4 Å². The van der Waals surface area contributed by atoms with Crippen molar-refractivity contribution in [1.82, 2.24) is 9.97 Å². The van der Waals surface area contributed by atoms with Crippen LogP contribution in [0.5, 0.6) is 0 Å². The summed E-state index contributed by atoms with van der Waals surface area (Å²) >= 11 is 0. The quantitative estimate of drug-likeness (QED) is 0.704. The number of aromatic nitrogens is 2. The molecule has 5 nitrogen and oxygen atoms in total. The zero-order valence-corrected chi connectivity index (χ0v) is 15.5. The molecule has 27 heavy (non-hydrogen) atoms. The van der Waals surface area contributed by atoms with Crippen LogP contribution in [0, 0.1) is 26.6 Å². The van der Waals surface area contributed by atoms with Crippen LogP contribution < -0.4 is 10.6 Å². The topological polar surface area (TPSA) is 66.9 Å². The molecule has 0 atom stereocenters. The fourth-order valence-corrected chi connectivity index (χ4v) is 2.62. The number of nitrogens with one attached hydrogen (secondary N) is 2. The molecule has 0 fully saturated rings. The molecular formula is C21H21FN4O. The molecule has 2 N–H and O–H groups in total. The summed E-state index contributed by atoms with van der Waals surface area (Å²) in [5.41, 5.74) is 4.74. The highest BCUT2D eigenvalue weighted by molar-refractivity contribution is 6.03. The van der Waals surface area contributed by atoms with Crippen molar-refractivity contribution in [2.75, 3.05) is 10.6 Å². The van der Waals surface area contributed by atoms with Gasteiger partial charge in [-0.2, -0.15) is 0 Å². The Bertz CT molecular complexity index is 970. The minimum absolute atomic E-state index is 0.282. The van der Waals surface area contributed by atoms with Crippen LogP contribution >= 0.6 is 0 Å². The van der Waals surface area contributed by atoms with Crippen LogP contribution in [-0.2, 0) is 6.54 Å². The second-order valence-electron chi connectivity index (χ2n) is 6.40. The lowest BCUT2D eigenvalue weighted by atomic mass is 10.1. The van der Waals surface area contributed by atoms with Crippen LogP contribution in [0.4, 0.5) is 16.0 Å². The molecular weight excluding hydrogens is 343 g/mol. The van der Waals surface area contributed by atoms with Crippen molar-refractivity contribution in [3.8, 4) is 0 Å². The lowest BCUT2D eigenvalue weighted by molar-refractivity contribution is 0.102. The van der Waals surface area contributed by atoms with E-state index in [-0.39, 0.29) is 17.4 Å². The number of anilines is 2. The fourth-order valence-electron chi connectivity index (χ4n) is 2.62. The standard InChI is InChI=1S/C21H21FN4O/c1-13-5-4-6-18(15(13)3)25-20(27)19-11-14(2)24-21(26-19)23-12-16-7-9-17(22)10-8-16/h4-11H,12H2,1-3H3,(H,25,27)(H,23,24,26). The van der Waals surface area contributed by atoms with Crippen molar-refractivity contribution in [3.63, 3.8) is 0 Å². The molecule has 6 heteroatoms. The lowest BCUT2D eigenvalue weighted by Gasteiger charge is -2.11. The minimum Gasteiger partial charge on any atom is -0.350 e. The Morgan fingerprint density at radius 1 is 1.04 bits per heavy atom. The van der Waals surface area contributed by atoms with Gasteiger partial charge in [0.05, 0.1) is 0 Å². The first-order chi connectivity index (χ1) is 12.9. The molecule has 2 aromatic carbocycles. The van der Waals surface area contributed by atoms with Gasteiger partial charge in [0.25, 0.3) is 5.91 Å². The first-order valence-electron chi connectivity index (χ1n) is 8.64. The fraction of sp³-hybridized carbons (Fsp3) is 0.190. The lowest BCUT2D eigenvalue weighted by Crippen LogP contribution is -2.17. The third-order valence-corrected chi connectivity index (χ3v) is 4.30. The molecule has 0 aliphatic carbocycles. The zero-order chi connectivity index (χ0) is 19.4. The third-order valence-electron chi connectivity index (χ3n) is 4.30. The summed E-state index contributed by atoms with van der Waals surface area (Å²) in [6.45, 7) is 6.20. The number of hydrogen-bond acceptors (Lipinski definition) is 4. The van der Waals surface area contributed by atoms with Gasteiger partial charge in [-0.15, -0.1) is 0 Å². The molecule has 3 rings (SSSR count). The van der Waals surface area contributed by atoms with Gasteiger partial charge in [-0.1, -0.05) is 24.3 Å². The van der Waals surface area contributed by atoms with Gasteiger partial charge in [-0.25, -0.2) is 14.4 Å². The van der Waals surface area contributed by atoms with E-state index in [0.717, 1.165) is 22.4 Å². The first-order valence-corrected chi connectivity index (χ1v) is 8.64. The van der Waals surface area contributed by atoms with Gasteiger partial charge in [0.1, 0.15) is 11.5 Å². The molecule has 1 aromatic heterocycles. The van der Waals surface area contributed by atoms with E-state index in [1.54, 1.807) is 25.1 Å². The molecule has 0 spiro atoms. The molecule has 0 saturated carbocycles. The average Bonchev–Trinajstić information content (AvgIpc) is 2.64. The Morgan fingerprint density at radius 3 is 2.52 bits per heavy atom. The van der Waals surface area contributed by atoms with E-state index in [2.05, 4.69) is 20.6 Å². The van der Waals surface area contributed by atoms with E-state index in [0.29, 0.717) is 18.2 Å². The van der Waals surface area contributed by atoms with Crippen LogP contribution in [0.15, 0.2) is 48.5 Å². The van der Waals surface area contributed by atoms with Crippen molar-refractivity contribution in [1.29, 1.82) is 0 Å². The Balaban J connectivity index is 1.75. The SMILES string of the molecule is Cc1cc(C(=O)Nc2cccc(C)c2C)nc(NCc2ccc(F)cc2)n1. The molecule has 0 unspecified atom stereocenters. The number of rotatable bonds is 5. The monoisotopic (exact) mass is 364 g/mol. The van der Waals surface area contributed by atoms with E-state index in [1.807, 2.05) is 32.0 Å². The van der Waals surface area contributed by atoms with E-state index in [9.17, 15) is 9.18 Å². The molecule has 3 aromatic rings. The van der Waals surface area contributed by atoms with Gasteiger partial charge in [0, 0.05) is 17.9 Å². The van der Waals surface area contributed by atoms with Gasteiger partial charge < -0.3 is 10.6 Å². The van der Waals surface area contributed by atoms with Crippen LogP contribution in [-0.4, -0.2) is 15.9 Å². The predicted molar refractivity (Wildman–Crippen MR) is 104 cm³/mol. The summed E-state index contributed by atoms with van der Waals surface area (Å²) in [6.07, 6.45) is 0. The summed E-state index contributed by atoms with van der Waals surface area (Å²) in [5.74, 6) is -0.222. The van der Waals surface area contributed by atoms with Crippen LogP contribution in [0.25, 0.3) is 0 Å². The normalized spacial score (nSPS) is 10.5. The molecule has 1 amide bonds. The van der Waals surface area contributed by atoms with E-state index in [1.165, 1.54) is 12.1 Å². The molecule has 0 aliphatic heterocycles. The summed E-state index contributed by atoms with van der Waals surface area (Å²) in [6, 6.07) is 13.6. The minimum atomic E-state index is -0.293. The molecule has 0 bridgehead atoms. The molecule has 0 radical (unpaired) electrons. The number of hydrogen-bond donors (Lipinski definition) is 2. The smallest absolute Gasteiger partial charge is 0.274 e. The van der Waals surface area contributed by atoms with Crippen LogP contribution in [0.2, 0.25) is 0 Å². The Morgan fingerprint density at radius 2 is 1.78 bits per heavy atom. The predicted octanol–water partition coefficient (Wildman–Crippen LogP) is 4.41. The number of carbonyl (C=O) groups is 1. The Kier molecular flexibility index (Phi) is 5.45. The number of carbonyl (C=O) groups excluding carboxylic acids is 1.